The van der Waals surface area contributed by atoms with Gasteiger partial charge in [0.15, 0.2) is 0 Å². The summed E-state index contributed by atoms with van der Waals surface area (Å²) < 4.78 is 20.6. The molecule has 4 rings (SSSR count). The summed E-state index contributed by atoms with van der Waals surface area (Å²) >= 11 is 0. The van der Waals surface area contributed by atoms with E-state index in [-0.39, 0.29) is 24.4 Å². The quantitative estimate of drug-likeness (QED) is 0.705. The zero-order valence-corrected chi connectivity index (χ0v) is 17.5. The first-order valence-corrected chi connectivity index (χ1v) is 9.98. The van der Waals surface area contributed by atoms with Crippen LogP contribution in [0.5, 0.6) is 5.75 Å². The lowest BCUT2D eigenvalue weighted by molar-refractivity contribution is 0.0933. The number of rotatable bonds is 4. The maximum Gasteiger partial charge on any atom is 0.251 e. The van der Waals surface area contributed by atoms with Crippen molar-refractivity contribution in [2.75, 3.05) is 6.54 Å². The molecule has 0 saturated carbocycles. The molecule has 3 aromatic rings. The highest BCUT2D eigenvalue weighted by atomic mass is 19.1. The van der Waals surface area contributed by atoms with Crippen LogP contribution in [0.1, 0.15) is 38.4 Å². The number of benzene rings is 2. The molecule has 0 fully saturated rings. The summed E-state index contributed by atoms with van der Waals surface area (Å²) in [4.78, 5) is 21.6. The van der Waals surface area contributed by atoms with Gasteiger partial charge in [0.25, 0.3) is 5.91 Å². The summed E-state index contributed by atoms with van der Waals surface area (Å²) in [6.45, 7) is 7.93. The normalized spacial score (nSPS) is 14.9. The van der Waals surface area contributed by atoms with Crippen LogP contribution in [0.25, 0.3) is 11.3 Å². The second-order valence-corrected chi connectivity index (χ2v) is 7.75. The fourth-order valence-electron chi connectivity index (χ4n) is 3.76. The first-order chi connectivity index (χ1) is 14.3. The van der Waals surface area contributed by atoms with Gasteiger partial charge in [-0.15, -0.1) is 0 Å². The Morgan fingerprint density at radius 3 is 2.80 bits per heavy atom. The minimum atomic E-state index is -0.345. The van der Waals surface area contributed by atoms with Crippen LogP contribution in [0.2, 0.25) is 0 Å². The van der Waals surface area contributed by atoms with Gasteiger partial charge in [-0.1, -0.05) is 12.1 Å². The molecule has 1 N–H and O–H groups in total. The molecule has 154 valence electrons. The van der Waals surface area contributed by atoms with Gasteiger partial charge in [0.05, 0.1) is 23.6 Å². The zero-order valence-electron chi connectivity index (χ0n) is 17.5. The molecule has 30 heavy (non-hydrogen) atoms. The Balaban J connectivity index is 1.55. The summed E-state index contributed by atoms with van der Waals surface area (Å²) in [6.07, 6.45) is 1.75. The maximum atomic E-state index is 14.5. The van der Waals surface area contributed by atoms with Gasteiger partial charge in [-0.3, -0.25) is 9.78 Å². The van der Waals surface area contributed by atoms with E-state index in [1.165, 1.54) is 6.07 Å². The third-order valence-corrected chi connectivity index (χ3v) is 5.59. The number of nitrogens with one attached hydrogen (secondary N) is 1. The highest BCUT2D eigenvalue weighted by Gasteiger charge is 2.30. The van der Waals surface area contributed by atoms with Gasteiger partial charge in [0.2, 0.25) is 0 Å². The first-order valence-electron chi connectivity index (χ1n) is 9.98. The van der Waals surface area contributed by atoms with Crippen LogP contribution in [0.3, 0.4) is 0 Å². The Bertz CT molecular complexity index is 1140. The lowest BCUT2D eigenvalue weighted by Gasteiger charge is -2.15. The number of aryl methyl sites for hydroxylation is 3. The summed E-state index contributed by atoms with van der Waals surface area (Å²) in [5.41, 5.74) is 6.12. The largest absolute Gasteiger partial charge is 0.487 e. The van der Waals surface area contributed by atoms with Crippen LogP contribution < -0.4 is 10.1 Å². The standard InChI is InChI=1S/C24H24FN3O2/c1-13-6-5-7-18(15(13)3)24(29)27-12-17-10-20-21(25)9-8-19(23(20)30-17)22-16(4)26-11-14(2)28-22/h5-9,11,17H,10,12H2,1-4H3,(H,27,29). The molecule has 1 aliphatic heterocycles. The number of carbonyl (C=O) groups is 1. The minimum Gasteiger partial charge on any atom is -0.487 e. The molecule has 0 saturated heterocycles. The maximum absolute atomic E-state index is 14.5. The number of carbonyl (C=O) groups excluding carboxylic acids is 1. The van der Waals surface area contributed by atoms with E-state index in [1.807, 2.05) is 39.8 Å². The van der Waals surface area contributed by atoms with Crippen molar-refractivity contribution in [3.05, 3.63) is 76.0 Å². The van der Waals surface area contributed by atoms with E-state index >= 15 is 0 Å². The zero-order chi connectivity index (χ0) is 21.4. The summed E-state index contributed by atoms with van der Waals surface area (Å²) in [7, 11) is 0. The summed E-state index contributed by atoms with van der Waals surface area (Å²) in [6, 6.07) is 8.77. The average molecular weight is 405 g/mol. The van der Waals surface area contributed by atoms with Crippen LogP contribution in [0.4, 0.5) is 4.39 Å². The molecular weight excluding hydrogens is 381 g/mol. The van der Waals surface area contributed by atoms with Gasteiger partial charge in [-0.25, -0.2) is 9.37 Å². The molecular formula is C24H24FN3O2. The Hall–Kier alpha value is -3.28. The number of ether oxygens (including phenoxy) is 1. The third-order valence-electron chi connectivity index (χ3n) is 5.59. The monoisotopic (exact) mass is 405 g/mol. The van der Waals surface area contributed by atoms with E-state index in [0.29, 0.717) is 29.0 Å². The van der Waals surface area contributed by atoms with E-state index < -0.39 is 0 Å². The predicted molar refractivity (Wildman–Crippen MR) is 113 cm³/mol. The van der Waals surface area contributed by atoms with Crippen molar-refractivity contribution in [2.45, 2.75) is 40.2 Å². The Labute approximate surface area is 175 Å². The van der Waals surface area contributed by atoms with Crippen molar-refractivity contribution >= 4 is 5.91 Å². The molecule has 0 bridgehead atoms. The lowest BCUT2D eigenvalue weighted by Crippen LogP contribution is -2.34. The fraction of sp³-hybridized carbons (Fsp3) is 0.292. The van der Waals surface area contributed by atoms with Crippen LogP contribution in [0, 0.1) is 33.5 Å². The predicted octanol–water partition coefficient (Wildman–Crippen LogP) is 4.25. The molecule has 5 nitrogen and oxygen atoms in total. The van der Waals surface area contributed by atoms with Gasteiger partial charge in [0, 0.05) is 29.3 Å². The molecule has 1 aromatic heterocycles. The van der Waals surface area contributed by atoms with Gasteiger partial charge < -0.3 is 10.1 Å². The molecule has 1 aliphatic rings. The summed E-state index contributed by atoms with van der Waals surface area (Å²) in [5, 5.41) is 2.93. The lowest BCUT2D eigenvalue weighted by atomic mass is 10.0. The highest BCUT2D eigenvalue weighted by molar-refractivity contribution is 5.95. The molecule has 0 spiro atoms. The molecule has 1 unspecified atom stereocenters. The van der Waals surface area contributed by atoms with E-state index in [9.17, 15) is 9.18 Å². The first kappa shape index (κ1) is 20.0. The smallest absolute Gasteiger partial charge is 0.251 e. The molecule has 0 aliphatic carbocycles. The second-order valence-electron chi connectivity index (χ2n) is 7.75. The van der Waals surface area contributed by atoms with Crippen molar-refractivity contribution in [2.24, 2.45) is 0 Å². The Morgan fingerprint density at radius 2 is 2.00 bits per heavy atom. The van der Waals surface area contributed by atoms with E-state index in [0.717, 1.165) is 28.1 Å². The van der Waals surface area contributed by atoms with Crippen molar-refractivity contribution in [1.29, 1.82) is 0 Å². The summed E-state index contributed by atoms with van der Waals surface area (Å²) in [5.74, 6) is 0.0243. The van der Waals surface area contributed by atoms with Crippen molar-refractivity contribution in [3.8, 4) is 17.0 Å². The highest BCUT2D eigenvalue weighted by Crippen LogP contribution is 2.40. The molecule has 1 atom stereocenters. The Morgan fingerprint density at radius 1 is 1.20 bits per heavy atom. The fourth-order valence-corrected chi connectivity index (χ4v) is 3.76. The van der Waals surface area contributed by atoms with Crippen LogP contribution in [-0.4, -0.2) is 28.5 Å². The number of aromatic nitrogens is 2. The molecule has 0 radical (unpaired) electrons. The number of fused-ring (bicyclic) bond motifs is 1. The minimum absolute atomic E-state index is 0.156. The van der Waals surface area contributed by atoms with Crippen molar-refractivity contribution in [3.63, 3.8) is 0 Å². The number of halogens is 1. The molecule has 2 aromatic carbocycles. The molecule has 6 heteroatoms. The van der Waals surface area contributed by atoms with E-state index in [1.54, 1.807) is 18.3 Å². The van der Waals surface area contributed by atoms with E-state index in [4.69, 9.17) is 4.74 Å². The molecule has 2 heterocycles. The van der Waals surface area contributed by atoms with Crippen molar-refractivity contribution in [1.82, 2.24) is 15.3 Å². The van der Waals surface area contributed by atoms with Crippen LogP contribution in [0.15, 0.2) is 36.5 Å². The number of hydrogen-bond donors (Lipinski definition) is 1. The van der Waals surface area contributed by atoms with Gasteiger partial charge in [-0.2, -0.15) is 0 Å². The number of nitrogens with zero attached hydrogens (tertiary/aromatic N) is 2. The number of hydrogen-bond acceptors (Lipinski definition) is 4. The van der Waals surface area contributed by atoms with Crippen LogP contribution in [-0.2, 0) is 6.42 Å². The SMILES string of the molecule is Cc1cnc(C)c(-c2ccc(F)c3c2OC(CNC(=O)c2cccc(C)c2C)C3)n1. The van der Waals surface area contributed by atoms with Gasteiger partial charge in [0.1, 0.15) is 17.7 Å². The topological polar surface area (TPSA) is 64.1 Å². The number of amides is 1. The second kappa shape index (κ2) is 7.86. The van der Waals surface area contributed by atoms with Gasteiger partial charge in [-0.05, 0) is 57.0 Å². The molecule has 1 amide bonds. The van der Waals surface area contributed by atoms with Crippen molar-refractivity contribution < 1.29 is 13.9 Å². The van der Waals surface area contributed by atoms with E-state index in [2.05, 4.69) is 15.3 Å². The third kappa shape index (κ3) is 3.65. The van der Waals surface area contributed by atoms with Gasteiger partial charge >= 0.3 is 0 Å². The Kier molecular flexibility index (Phi) is 5.24. The van der Waals surface area contributed by atoms with Crippen LogP contribution >= 0.6 is 0 Å². The average Bonchev–Trinajstić information content (AvgIpc) is 3.16.